The smallest absolute Gasteiger partial charge is 0.455 e. The second-order valence-electron chi connectivity index (χ2n) is 21.4. The molecular weight excluding hydrogens is 1130 g/mol. The molecule has 3 unspecified atom stereocenters. The van der Waals surface area contributed by atoms with E-state index in [2.05, 4.69) is 10.1 Å². The molecule has 23 nitrogen and oxygen atoms in total. The monoisotopic (exact) mass is 1190 g/mol. The second kappa shape index (κ2) is 25.5. The number of halogens is 1. The van der Waals surface area contributed by atoms with Crippen molar-refractivity contribution in [2.45, 2.75) is 110 Å². The molecule has 0 spiro atoms. The number of non-ortho nitro benzene ring substituents is 2. The maximum Gasteiger partial charge on any atom is 0.514 e. The Labute approximate surface area is 492 Å². The van der Waals surface area contributed by atoms with E-state index in [4.69, 9.17) is 40.0 Å². The molecule has 9 rings (SSSR count). The summed E-state index contributed by atoms with van der Waals surface area (Å²) in [7, 11) is 0. The number of nitrogens with one attached hydrogen (secondary N) is 1. The predicted octanol–water partition coefficient (Wildman–Crippen LogP) is 9.54. The highest BCUT2D eigenvalue weighted by Gasteiger charge is 2.77. The second-order valence-corrected chi connectivity index (χ2v) is 21.7. The van der Waals surface area contributed by atoms with Crippen molar-refractivity contribution in [1.82, 2.24) is 5.32 Å². The van der Waals surface area contributed by atoms with Gasteiger partial charge < -0.3 is 48.7 Å². The lowest BCUT2D eigenvalue weighted by Gasteiger charge is -2.67. The molecule has 3 aliphatic carbocycles. The number of nitrogens with zero attached hydrogens (tertiary/aromatic N) is 2. The van der Waals surface area contributed by atoms with Crippen molar-refractivity contribution in [3.05, 3.63) is 188 Å². The lowest BCUT2D eigenvalue weighted by molar-refractivity contribution is -0.385. The number of hydrogen-bond donors (Lipinski definition) is 3. The molecule has 11 atom stereocenters. The number of amides is 1. The molecule has 1 amide bonds. The van der Waals surface area contributed by atoms with Crippen LogP contribution in [0.1, 0.15) is 94.1 Å². The number of esters is 3. The summed E-state index contributed by atoms with van der Waals surface area (Å²) in [6, 6.07) is 32.0. The normalized spacial score (nSPS) is 25.8. The molecule has 1 aliphatic heterocycles. The first-order valence-electron chi connectivity index (χ1n) is 26.3. The van der Waals surface area contributed by atoms with Crippen LogP contribution in [-0.4, -0.2) is 110 Å². The minimum atomic E-state index is -2.33. The van der Waals surface area contributed by atoms with Gasteiger partial charge in [-0.1, -0.05) is 94.9 Å². The Morgan fingerprint density at radius 3 is 1.78 bits per heavy atom. The summed E-state index contributed by atoms with van der Waals surface area (Å²) in [4.78, 5) is 116. The van der Waals surface area contributed by atoms with E-state index in [1.807, 2.05) is 0 Å². The lowest BCUT2D eigenvalue weighted by atomic mass is 9.43. The fourth-order valence-electron chi connectivity index (χ4n) is 12.1. The van der Waals surface area contributed by atoms with Gasteiger partial charge in [-0.05, 0) is 79.1 Å². The summed E-state index contributed by atoms with van der Waals surface area (Å²) >= 11 is 4.92. The Kier molecular flexibility index (Phi) is 19.1. The maximum atomic E-state index is 15.5. The van der Waals surface area contributed by atoms with E-state index in [0.29, 0.717) is 11.1 Å². The van der Waals surface area contributed by atoms with Gasteiger partial charge in [-0.3, -0.25) is 34.6 Å². The van der Waals surface area contributed by atoms with Gasteiger partial charge in [0.2, 0.25) is 6.10 Å². The van der Waals surface area contributed by atoms with Crippen LogP contribution >= 0.6 is 11.6 Å². The van der Waals surface area contributed by atoms with Gasteiger partial charge in [-0.25, -0.2) is 19.2 Å². The van der Waals surface area contributed by atoms with Crippen LogP contribution in [0.2, 0.25) is 0 Å². The molecule has 85 heavy (non-hydrogen) atoms. The lowest BCUT2D eigenvalue weighted by Crippen LogP contribution is -2.81. The van der Waals surface area contributed by atoms with Gasteiger partial charge in [0.1, 0.15) is 47.2 Å². The molecule has 1 heterocycles. The van der Waals surface area contributed by atoms with Crippen LogP contribution in [0.25, 0.3) is 0 Å². The number of ketones is 1. The highest BCUT2D eigenvalue weighted by atomic mass is 35.5. The summed E-state index contributed by atoms with van der Waals surface area (Å²) in [5.41, 5.74) is -7.58. The van der Waals surface area contributed by atoms with E-state index < -0.39 is 128 Å². The molecule has 3 fully saturated rings. The number of Topliss-reactive ketones (excluding diaryl/α,β-unsaturated/α-hetero) is 1. The topological polar surface area (TPSA) is 323 Å². The number of hydrogen-bond acceptors (Lipinski definition) is 20. The van der Waals surface area contributed by atoms with Crippen molar-refractivity contribution in [2.75, 3.05) is 6.61 Å². The Balaban J connectivity index is 0.000000654. The molecule has 0 aromatic heterocycles. The van der Waals surface area contributed by atoms with Gasteiger partial charge in [0, 0.05) is 72.5 Å². The van der Waals surface area contributed by atoms with Gasteiger partial charge in [0.15, 0.2) is 5.60 Å². The summed E-state index contributed by atoms with van der Waals surface area (Å²) in [5, 5.41) is 50.3. The number of carbonyl (C=O) groups is 7. The van der Waals surface area contributed by atoms with Gasteiger partial charge >= 0.3 is 29.5 Å². The van der Waals surface area contributed by atoms with Gasteiger partial charge in [0.25, 0.3) is 17.3 Å². The van der Waals surface area contributed by atoms with Crippen molar-refractivity contribution in [3.63, 3.8) is 0 Å². The molecule has 0 radical (unpaired) electrons. The number of nitro groups is 2. The van der Waals surface area contributed by atoms with Crippen molar-refractivity contribution in [3.8, 4) is 11.5 Å². The molecule has 24 heteroatoms. The fourth-order valence-corrected chi connectivity index (χ4v) is 12.2. The number of carbonyl (C=O) groups excluding carboxylic acids is 7. The van der Waals surface area contributed by atoms with Gasteiger partial charge in [-0.15, -0.1) is 0 Å². The zero-order chi connectivity index (χ0) is 61.1. The van der Waals surface area contributed by atoms with Crippen molar-refractivity contribution < 1.29 is 86.8 Å². The number of fused-ring (bicyclic) bond motifs is 5. The van der Waals surface area contributed by atoms with Crippen LogP contribution in [0.4, 0.5) is 21.0 Å². The summed E-state index contributed by atoms with van der Waals surface area (Å²) in [6.45, 7) is 8.96. The first-order valence-corrected chi connectivity index (χ1v) is 26.7. The minimum absolute atomic E-state index is 0. The maximum absolute atomic E-state index is 15.5. The van der Waals surface area contributed by atoms with Gasteiger partial charge in [0.05, 0.1) is 39.5 Å². The highest BCUT2D eigenvalue weighted by Crippen LogP contribution is 2.65. The third-order valence-electron chi connectivity index (χ3n) is 16.2. The number of aliphatic hydroxyl groups excluding tert-OH is 1. The van der Waals surface area contributed by atoms with Crippen molar-refractivity contribution in [1.29, 1.82) is 0 Å². The quantitative estimate of drug-likeness (QED) is 0.0177. The van der Waals surface area contributed by atoms with E-state index >= 15 is 9.59 Å². The molecule has 5 aromatic carbocycles. The molecule has 2 saturated carbocycles. The van der Waals surface area contributed by atoms with E-state index in [-0.39, 0.29) is 60.0 Å². The molecular formula is C61H62ClN3O20. The van der Waals surface area contributed by atoms with E-state index in [1.54, 1.807) is 94.4 Å². The van der Waals surface area contributed by atoms with Gasteiger partial charge in [-0.2, -0.15) is 0 Å². The van der Waals surface area contributed by atoms with Crippen molar-refractivity contribution >= 4 is 64.2 Å². The zero-order valence-electron chi connectivity index (χ0n) is 46.0. The Morgan fingerprint density at radius 1 is 0.765 bits per heavy atom. The SMILES string of the molecule is C.CC(=O)O[C@@]12CO[C@@H]1C[C@H](O)[C@@]1(C)C(=O)C(C)C3=C(C)C(OC(=O)[C@H](OC(=O)Oc4ccc([N+](=O)[O-])cc4)[C@@H](NC(=O)c4ccccc4)c4ccccc4)C[C@@](O)([C@@H](OC(=O)c4ccccc4)C12)C3(C)C.O=C(Cl)Oc1ccc([N+](=O)[O-])cc1. The zero-order valence-corrected chi connectivity index (χ0v) is 46.8. The van der Waals surface area contributed by atoms with Crippen LogP contribution < -0.4 is 14.8 Å². The molecule has 5 aromatic rings. The first-order chi connectivity index (χ1) is 39.7. The summed E-state index contributed by atoms with van der Waals surface area (Å²) < 4.78 is 40.5. The van der Waals surface area contributed by atoms with Crippen LogP contribution in [0, 0.1) is 42.9 Å². The van der Waals surface area contributed by atoms with Crippen molar-refractivity contribution in [2.24, 2.45) is 22.7 Å². The number of rotatable bonds is 14. The molecule has 1 saturated heterocycles. The van der Waals surface area contributed by atoms with Crippen LogP contribution in [0.3, 0.4) is 0 Å². The largest absolute Gasteiger partial charge is 0.514 e. The number of nitro benzene ring substituents is 2. The third kappa shape index (κ3) is 12.7. The number of benzene rings is 5. The predicted molar refractivity (Wildman–Crippen MR) is 301 cm³/mol. The Hall–Kier alpha value is -8.90. The van der Waals surface area contributed by atoms with E-state index in [0.717, 1.165) is 24.3 Å². The van der Waals surface area contributed by atoms with E-state index in [1.165, 1.54) is 62.4 Å². The number of aliphatic hydroxyl groups is 2. The molecule has 4 aliphatic rings. The molecule has 3 N–H and O–H groups in total. The Morgan fingerprint density at radius 2 is 1.28 bits per heavy atom. The fraction of sp³-hybridized carbons (Fsp3) is 0.361. The molecule has 448 valence electrons. The number of ether oxygens (including phenoxy) is 7. The average molecular weight is 1190 g/mol. The molecule has 2 bridgehead atoms. The average Bonchev–Trinajstić information content (AvgIpc) is 0.843. The summed E-state index contributed by atoms with van der Waals surface area (Å²) in [5.74, 6) is -6.72. The first kappa shape index (κ1) is 63.7. The van der Waals surface area contributed by atoms with Crippen LogP contribution in [-0.2, 0) is 38.1 Å². The van der Waals surface area contributed by atoms with E-state index in [9.17, 15) is 54.4 Å². The minimum Gasteiger partial charge on any atom is -0.455 e. The van der Waals surface area contributed by atoms with Crippen LogP contribution in [0.5, 0.6) is 11.5 Å². The van der Waals surface area contributed by atoms with Crippen LogP contribution in [0.15, 0.2) is 151 Å². The highest BCUT2D eigenvalue weighted by molar-refractivity contribution is 6.61. The summed E-state index contributed by atoms with van der Waals surface area (Å²) in [6.07, 6.45) is -9.87. The third-order valence-corrected chi connectivity index (χ3v) is 16.3. The Bertz CT molecular complexity index is 3380. The standard InChI is InChI=1S/C53H54N2O16.C7H4ClNO4.CH4/c1-29-37(68-48(61)42(69-49(62)67-36-24-22-35(23-25-36)55(64)65)41(32-16-10-7-11-17-32)54-46(59)33-18-12-8-13-19-33)27-53(63)45(70-47(60)34-20-14-9-15-21-34)43-51(6,44(58)30(2)40(29)50(53,4)5)38(57)26-39-52(43,28-66-39)71-31(3)56;8-7(10)13-6-3-1-5(2-4-6)9(11)12;/h7-25,30,37-39,41-43,45,57,63H,26-28H2,1-6H3,(H,54,59);1-4H;1H4/t30?,37?,38-,39+,41-,42+,43?,45-,51+,52-,53+;;/m0../s1.